The van der Waals surface area contributed by atoms with Gasteiger partial charge in [0.25, 0.3) is 0 Å². The van der Waals surface area contributed by atoms with E-state index in [1.165, 1.54) is 25.4 Å². The zero-order chi connectivity index (χ0) is 14.0. The van der Waals surface area contributed by atoms with Crippen LogP contribution in [0.5, 0.6) is 0 Å². The first-order valence-corrected chi connectivity index (χ1v) is 6.86. The fourth-order valence-electron chi connectivity index (χ4n) is 1.31. The van der Waals surface area contributed by atoms with Gasteiger partial charge in [0.1, 0.15) is 5.69 Å². The molecule has 0 aliphatic carbocycles. The second kappa shape index (κ2) is 4.94. The topological polar surface area (TPSA) is 66.1 Å². The van der Waals surface area contributed by atoms with E-state index in [1.807, 2.05) is 0 Å². The van der Waals surface area contributed by atoms with Gasteiger partial charge in [-0.3, -0.25) is 0 Å². The van der Waals surface area contributed by atoms with Gasteiger partial charge >= 0.3 is 6.18 Å². The Balaban J connectivity index is 3.13. The molecule has 98 valence electrons. The van der Waals surface area contributed by atoms with E-state index < -0.39 is 21.6 Å². The molecule has 0 fully saturated rings. The quantitative estimate of drug-likeness (QED) is 0.780. The molecule has 18 heavy (non-hydrogen) atoms. The number of halogens is 3. The Morgan fingerprint density at radius 2 is 2.11 bits per heavy atom. The van der Waals surface area contributed by atoms with Crippen LogP contribution >= 0.6 is 0 Å². The highest BCUT2D eigenvalue weighted by atomic mass is 32.2. The minimum Gasteiger partial charge on any atom is -0.249 e. The van der Waals surface area contributed by atoms with Gasteiger partial charge in [-0.15, -0.1) is 4.36 Å². The van der Waals surface area contributed by atoms with Gasteiger partial charge in [-0.25, -0.2) is 9.19 Å². The Labute approximate surface area is 103 Å². The number of aryl methyl sites for hydroxylation is 1. The Bertz CT molecular complexity index is 610. The molecule has 0 amide bonds. The summed E-state index contributed by atoms with van der Waals surface area (Å²) in [4.78, 5) is 3.41. The van der Waals surface area contributed by atoms with E-state index >= 15 is 0 Å². The van der Waals surface area contributed by atoms with Crippen LogP contribution in [0.25, 0.3) is 0 Å². The second-order valence-corrected chi connectivity index (χ2v) is 6.12. The molecular weight excluding hydrogens is 267 g/mol. The summed E-state index contributed by atoms with van der Waals surface area (Å²) in [5, 5.41) is 8.34. The van der Waals surface area contributed by atoms with Crippen LogP contribution in [0.4, 0.5) is 13.2 Å². The molecule has 8 heteroatoms. The van der Waals surface area contributed by atoms with Crippen LogP contribution in [0.3, 0.4) is 0 Å². The summed E-state index contributed by atoms with van der Waals surface area (Å²) in [5.74, 6) is -0.0997. The van der Waals surface area contributed by atoms with Crippen molar-refractivity contribution in [2.45, 2.75) is 18.9 Å². The third kappa shape index (κ3) is 3.70. The van der Waals surface area contributed by atoms with E-state index in [0.29, 0.717) is 5.56 Å². The van der Waals surface area contributed by atoms with E-state index in [1.54, 1.807) is 0 Å². The fraction of sp³-hybridized carbons (Fsp3) is 0.400. The highest BCUT2D eigenvalue weighted by Crippen LogP contribution is 2.28. The number of alkyl halides is 3. The molecule has 0 spiro atoms. The number of aromatic nitrogens is 1. The number of hydrogen-bond acceptors (Lipinski definition) is 4. The molecule has 0 saturated heterocycles. The van der Waals surface area contributed by atoms with Crippen molar-refractivity contribution in [3.8, 4) is 6.19 Å². The Morgan fingerprint density at radius 1 is 1.50 bits per heavy atom. The van der Waals surface area contributed by atoms with Crippen LogP contribution in [0.2, 0.25) is 0 Å². The SMILES string of the molecule is Cc1nc(C(F)(F)F)ccc1CS(C)(=O)=NC#N. The summed E-state index contributed by atoms with van der Waals surface area (Å²) in [7, 11) is -2.76. The maximum Gasteiger partial charge on any atom is 0.433 e. The normalized spacial score (nSPS) is 14.7. The minimum atomic E-state index is -4.51. The molecule has 0 aliphatic heterocycles. The van der Waals surface area contributed by atoms with Crippen LogP contribution in [-0.2, 0) is 21.7 Å². The van der Waals surface area contributed by atoms with Crippen molar-refractivity contribution in [2.75, 3.05) is 6.26 Å². The molecule has 0 bridgehead atoms. The Hall–Kier alpha value is -1.62. The molecule has 0 radical (unpaired) electrons. The van der Waals surface area contributed by atoms with Gasteiger partial charge in [-0.2, -0.15) is 18.4 Å². The van der Waals surface area contributed by atoms with Crippen molar-refractivity contribution in [3.63, 3.8) is 0 Å². The number of nitriles is 1. The summed E-state index contributed by atoms with van der Waals surface area (Å²) >= 11 is 0. The van der Waals surface area contributed by atoms with Crippen molar-refractivity contribution in [1.82, 2.24) is 4.98 Å². The molecule has 0 N–H and O–H groups in total. The Kier molecular flexibility index (Phi) is 3.96. The smallest absolute Gasteiger partial charge is 0.249 e. The predicted octanol–water partition coefficient (Wildman–Crippen LogP) is 2.49. The van der Waals surface area contributed by atoms with E-state index in [2.05, 4.69) is 9.35 Å². The third-order valence-corrected chi connectivity index (χ3v) is 3.46. The standard InChI is InChI=1S/C10H10F3N3OS/c1-7-8(5-18(2,17)15-6-14)3-4-9(16-7)10(11,12)13/h3-4H,5H2,1-2H3. The van der Waals surface area contributed by atoms with Crippen molar-refractivity contribution >= 4 is 9.73 Å². The number of nitrogens with zero attached hydrogens (tertiary/aromatic N) is 3. The number of rotatable bonds is 2. The monoisotopic (exact) mass is 277 g/mol. The second-order valence-electron chi connectivity index (χ2n) is 3.73. The van der Waals surface area contributed by atoms with Gasteiger partial charge in [0.05, 0.1) is 15.5 Å². The van der Waals surface area contributed by atoms with Crippen LogP contribution in [0.15, 0.2) is 16.5 Å². The lowest BCUT2D eigenvalue weighted by molar-refractivity contribution is -0.141. The lowest BCUT2D eigenvalue weighted by Gasteiger charge is -2.10. The molecule has 4 nitrogen and oxygen atoms in total. The average molecular weight is 277 g/mol. The third-order valence-electron chi connectivity index (χ3n) is 2.14. The summed E-state index contributed by atoms with van der Waals surface area (Å²) in [6, 6.07) is 2.03. The van der Waals surface area contributed by atoms with Gasteiger partial charge in [0.15, 0.2) is 0 Å². The summed E-state index contributed by atoms with van der Waals surface area (Å²) < 4.78 is 52.1. The van der Waals surface area contributed by atoms with Gasteiger partial charge in [-0.1, -0.05) is 6.07 Å². The molecule has 1 aromatic heterocycles. The zero-order valence-electron chi connectivity index (χ0n) is 9.65. The van der Waals surface area contributed by atoms with Gasteiger partial charge in [0, 0.05) is 11.9 Å². The molecule has 1 heterocycles. The van der Waals surface area contributed by atoms with Crippen molar-refractivity contribution in [2.24, 2.45) is 4.36 Å². The van der Waals surface area contributed by atoms with Crippen molar-refractivity contribution in [1.29, 1.82) is 5.26 Å². The van der Waals surface area contributed by atoms with Crippen molar-refractivity contribution in [3.05, 3.63) is 29.1 Å². The molecule has 0 aromatic carbocycles. The number of pyridine rings is 1. The maximum atomic E-state index is 12.4. The summed E-state index contributed by atoms with van der Waals surface area (Å²) in [6.07, 6.45) is -1.80. The number of hydrogen-bond donors (Lipinski definition) is 0. The average Bonchev–Trinajstić information content (AvgIpc) is 2.19. The first kappa shape index (κ1) is 14.4. The lowest BCUT2D eigenvalue weighted by atomic mass is 10.2. The van der Waals surface area contributed by atoms with E-state index in [-0.39, 0.29) is 11.4 Å². The van der Waals surface area contributed by atoms with Gasteiger partial charge < -0.3 is 0 Å². The first-order valence-electron chi connectivity index (χ1n) is 4.77. The fourth-order valence-corrected chi connectivity index (χ4v) is 2.43. The summed E-state index contributed by atoms with van der Waals surface area (Å²) in [5.41, 5.74) is -0.481. The molecule has 1 unspecified atom stereocenters. The van der Waals surface area contributed by atoms with E-state index in [0.717, 1.165) is 6.07 Å². The molecule has 0 aliphatic rings. The molecular formula is C10H10F3N3OS. The van der Waals surface area contributed by atoms with Crippen LogP contribution < -0.4 is 0 Å². The summed E-state index contributed by atoms with van der Waals surface area (Å²) in [6.45, 7) is 1.40. The highest BCUT2D eigenvalue weighted by Gasteiger charge is 2.32. The van der Waals surface area contributed by atoms with Gasteiger partial charge in [-0.05, 0) is 18.6 Å². The lowest BCUT2D eigenvalue weighted by Crippen LogP contribution is -2.11. The zero-order valence-corrected chi connectivity index (χ0v) is 10.5. The van der Waals surface area contributed by atoms with E-state index in [4.69, 9.17) is 5.26 Å². The highest BCUT2D eigenvalue weighted by molar-refractivity contribution is 7.92. The van der Waals surface area contributed by atoms with Crippen LogP contribution in [-0.4, -0.2) is 15.4 Å². The molecule has 1 aromatic rings. The maximum absolute atomic E-state index is 12.4. The molecule has 0 saturated carbocycles. The first-order chi connectivity index (χ1) is 8.15. The molecule has 1 atom stereocenters. The molecule has 1 rings (SSSR count). The predicted molar refractivity (Wildman–Crippen MR) is 59.8 cm³/mol. The van der Waals surface area contributed by atoms with Crippen molar-refractivity contribution < 1.29 is 17.4 Å². The Morgan fingerprint density at radius 3 is 2.56 bits per heavy atom. The minimum absolute atomic E-state index is 0.0997. The van der Waals surface area contributed by atoms with Crippen LogP contribution in [0.1, 0.15) is 17.0 Å². The van der Waals surface area contributed by atoms with E-state index in [9.17, 15) is 17.4 Å². The largest absolute Gasteiger partial charge is 0.433 e. The van der Waals surface area contributed by atoms with Gasteiger partial charge in [0.2, 0.25) is 6.19 Å². The van der Waals surface area contributed by atoms with Crippen LogP contribution in [0, 0.1) is 18.4 Å².